The van der Waals surface area contributed by atoms with Crippen LogP contribution >= 0.6 is 12.4 Å². The van der Waals surface area contributed by atoms with E-state index in [1.807, 2.05) is 19.2 Å². The smallest absolute Gasteiger partial charge is 0.277 e. The summed E-state index contributed by atoms with van der Waals surface area (Å²) in [5.74, 6) is -3.63. The molecule has 0 aromatic rings. The highest BCUT2D eigenvalue weighted by atomic mass is 35.5. The lowest BCUT2D eigenvalue weighted by Crippen LogP contribution is -2.45. The minimum atomic E-state index is -3.11. The van der Waals surface area contributed by atoms with Gasteiger partial charge < -0.3 is 16.4 Å². The highest BCUT2D eigenvalue weighted by Crippen LogP contribution is 2.08. The van der Waals surface area contributed by atoms with E-state index in [2.05, 4.69) is 5.32 Å². The largest absolute Gasteiger partial charge is 0.348 e. The van der Waals surface area contributed by atoms with E-state index in [9.17, 15) is 18.4 Å². The second-order valence-corrected chi connectivity index (χ2v) is 4.55. The third-order valence-electron chi connectivity index (χ3n) is 2.24. The molecule has 8 heteroatoms. The van der Waals surface area contributed by atoms with Crippen LogP contribution in [0.2, 0.25) is 0 Å². The summed E-state index contributed by atoms with van der Waals surface area (Å²) in [7, 11) is 0. The predicted octanol–water partition coefficient (Wildman–Crippen LogP) is 0.671. The van der Waals surface area contributed by atoms with E-state index in [0.717, 1.165) is 6.42 Å². The molecular weight excluding hydrogens is 280 g/mol. The Balaban J connectivity index is 0. The number of nitrogens with one attached hydrogen (secondary N) is 2. The van der Waals surface area contributed by atoms with Crippen molar-refractivity contribution in [3.63, 3.8) is 0 Å². The van der Waals surface area contributed by atoms with E-state index < -0.39 is 24.9 Å². The number of rotatable bonds is 8. The Labute approximate surface area is 118 Å². The first kappa shape index (κ1) is 20.4. The third kappa shape index (κ3) is 11.9. The van der Waals surface area contributed by atoms with Crippen LogP contribution in [-0.4, -0.2) is 37.4 Å². The maximum Gasteiger partial charge on any atom is 0.277 e. The molecule has 0 aliphatic carbocycles. The molecule has 0 saturated carbocycles. The zero-order valence-corrected chi connectivity index (χ0v) is 12.0. The van der Waals surface area contributed by atoms with Gasteiger partial charge in [-0.25, -0.2) is 8.78 Å². The SMILES string of the molecule is CC(C)CCC(=O)NCC(=O)NCC(F)(F)CN.Cl. The molecule has 0 unspecified atom stereocenters. The van der Waals surface area contributed by atoms with Gasteiger partial charge in [-0.05, 0) is 12.3 Å². The highest BCUT2D eigenvalue weighted by molar-refractivity contribution is 5.85. The summed E-state index contributed by atoms with van der Waals surface area (Å²) in [4.78, 5) is 22.4. The van der Waals surface area contributed by atoms with Gasteiger partial charge in [-0.15, -0.1) is 12.4 Å². The van der Waals surface area contributed by atoms with E-state index in [4.69, 9.17) is 5.73 Å². The van der Waals surface area contributed by atoms with E-state index in [0.29, 0.717) is 12.3 Å². The molecule has 0 aliphatic rings. The Bertz CT molecular complexity index is 289. The Hall–Kier alpha value is -0.950. The first-order valence-electron chi connectivity index (χ1n) is 5.88. The summed E-state index contributed by atoms with van der Waals surface area (Å²) in [6, 6.07) is 0. The van der Waals surface area contributed by atoms with Crippen molar-refractivity contribution in [2.45, 2.75) is 32.6 Å². The van der Waals surface area contributed by atoms with Crippen LogP contribution < -0.4 is 16.4 Å². The number of halogens is 3. The topological polar surface area (TPSA) is 84.2 Å². The van der Waals surface area contributed by atoms with Crippen molar-refractivity contribution in [2.24, 2.45) is 11.7 Å². The van der Waals surface area contributed by atoms with E-state index in [-0.39, 0.29) is 24.9 Å². The molecule has 0 aromatic heterocycles. The fraction of sp³-hybridized carbons (Fsp3) is 0.818. The number of amides is 2. The fourth-order valence-corrected chi connectivity index (χ4v) is 1.05. The first-order valence-corrected chi connectivity index (χ1v) is 5.88. The van der Waals surface area contributed by atoms with Crippen LogP contribution in [0.5, 0.6) is 0 Å². The van der Waals surface area contributed by atoms with Crippen molar-refractivity contribution in [1.29, 1.82) is 0 Å². The lowest BCUT2D eigenvalue weighted by atomic mass is 10.1. The number of carbonyl (C=O) groups excluding carboxylic acids is 2. The normalized spacial score (nSPS) is 10.8. The monoisotopic (exact) mass is 301 g/mol. The fourth-order valence-electron chi connectivity index (χ4n) is 1.05. The van der Waals surface area contributed by atoms with Gasteiger partial charge in [-0.2, -0.15) is 0 Å². The molecule has 0 rings (SSSR count). The summed E-state index contributed by atoms with van der Waals surface area (Å²) in [6.45, 7) is 2.03. The van der Waals surface area contributed by atoms with Crippen molar-refractivity contribution >= 4 is 24.2 Å². The molecule has 19 heavy (non-hydrogen) atoms. The van der Waals surface area contributed by atoms with Crippen LogP contribution in [0.1, 0.15) is 26.7 Å². The minimum Gasteiger partial charge on any atom is -0.348 e. The van der Waals surface area contributed by atoms with Crippen molar-refractivity contribution in [2.75, 3.05) is 19.6 Å². The number of nitrogens with two attached hydrogens (primary N) is 1. The number of alkyl halides is 2. The summed E-state index contributed by atoms with van der Waals surface area (Å²) in [5.41, 5.74) is 4.81. The highest BCUT2D eigenvalue weighted by Gasteiger charge is 2.27. The molecule has 0 aromatic carbocycles. The molecule has 0 saturated heterocycles. The van der Waals surface area contributed by atoms with Crippen molar-refractivity contribution < 1.29 is 18.4 Å². The quantitative estimate of drug-likeness (QED) is 0.616. The van der Waals surface area contributed by atoms with Crippen molar-refractivity contribution in [3.05, 3.63) is 0 Å². The van der Waals surface area contributed by atoms with Gasteiger partial charge in [0.15, 0.2) is 0 Å². The summed E-state index contributed by atoms with van der Waals surface area (Å²) < 4.78 is 25.4. The molecule has 5 nitrogen and oxygen atoms in total. The van der Waals surface area contributed by atoms with Gasteiger partial charge in [0.1, 0.15) is 0 Å². The van der Waals surface area contributed by atoms with Crippen LogP contribution in [-0.2, 0) is 9.59 Å². The summed E-state index contributed by atoms with van der Waals surface area (Å²) in [6.07, 6.45) is 1.04. The molecule has 4 N–H and O–H groups in total. The maximum atomic E-state index is 12.7. The molecule has 0 aliphatic heterocycles. The van der Waals surface area contributed by atoms with Crippen LogP contribution in [0.3, 0.4) is 0 Å². The maximum absolute atomic E-state index is 12.7. The van der Waals surface area contributed by atoms with Gasteiger partial charge in [0.25, 0.3) is 5.92 Å². The minimum absolute atomic E-state index is 0. The molecule has 0 fully saturated rings. The molecule has 0 heterocycles. The van der Waals surface area contributed by atoms with Crippen LogP contribution in [0, 0.1) is 5.92 Å². The summed E-state index contributed by atoms with van der Waals surface area (Å²) >= 11 is 0. The predicted molar refractivity (Wildman–Crippen MR) is 71.3 cm³/mol. The van der Waals surface area contributed by atoms with E-state index in [1.54, 1.807) is 0 Å². The Morgan fingerprint density at radius 1 is 1.21 bits per heavy atom. The number of carbonyl (C=O) groups is 2. The van der Waals surface area contributed by atoms with E-state index in [1.165, 1.54) is 0 Å². The standard InChI is InChI=1S/C11H21F2N3O2.ClH/c1-8(2)3-4-9(17)15-5-10(18)16-7-11(12,13)6-14;/h8H,3-7,14H2,1-2H3,(H,15,17)(H,16,18);1H. The zero-order valence-electron chi connectivity index (χ0n) is 11.2. The molecule has 0 spiro atoms. The van der Waals surface area contributed by atoms with Crippen molar-refractivity contribution in [3.8, 4) is 0 Å². The van der Waals surface area contributed by atoms with Crippen LogP contribution in [0.15, 0.2) is 0 Å². The second kappa shape index (κ2) is 9.91. The number of hydrogen-bond acceptors (Lipinski definition) is 3. The Morgan fingerprint density at radius 2 is 1.79 bits per heavy atom. The molecule has 2 amide bonds. The van der Waals surface area contributed by atoms with Gasteiger partial charge >= 0.3 is 0 Å². The molecule has 0 atom stereocenters. The Kier molecular flexibility index (Phi) is 10.6. The third-order valence-corrected chi connectivity index (χ3v) is 2.24. The van der Waals surface area contributed by atoms with Gasteiger partial charge in [0.2, 0.25) is 11.8 Å². The van der Waals surface area contributed by atoms with Gasteiger partial charge in [-0.1, -0.05) is 13.8 Å². The lowest BCUT2D eigenvalue weighted by molar-refractivity contribution is -0.127. The average Bonchev–Trinajstić information content (AvgIpc) is 2.31. The lowest BCUT2D eigenvalue weighted by Gasteiger charge is -2.14. The second-order valence-electron chi connectivity index (χ2n) is 4.55. The van der Waals surface area contributed by atoms with E-state index >= 15 is 0 Å². The van der Waals surface area contributed by atoms with Crippen molar-refractivity contribution in [1.82, 2.24) is 10.6 Å². The van der Waals surface area contributed by atoms with Crippen LogP contribution in [0.4, 0.5) is 8.78 Å². The zero-order chi connectivity index (χ0) is 14.2. The van der Waals surface area contributed by atoms with Gasteiger partial charge in [0.05, 0.1) is 19.6 Å². The molecule has 0 bridgehead atoms. The molecule has 0 radical (unpaired) electrons. The van der Waals surface area contributed by atoms with Gasteiger partial charge in [-0.3, -0.25) is 9.59 Å². The molecule has 114 valence electrons. The van der Waals surface area contributed by atoms with Gasteiger partial charge in [0, 0.05) is 6.42 Å². The molecular formula is C11H22ClF2N3O2. The first-order chi connectivity index (χ1) is 8.26. The average molecular weight is 302 g/mol. The Morgan fingerprint density at radius 3 is 2.26 bits per heavy atom. The van der Waals surface area contributed by atoms with Crippen LogP contribution in [0.25, 0.3) is 0 Å². The number of hydrogen-bond donors (Lipinski definition) is 3. The summed E-state index contributed by atoms with van der Waals surface area (Å²) in [5, 5.41) is 4.38.